The van der Waals surface area contributed by atoms with E-state index in [1.165, 1.54) is 5.56 Å². The molecule has 12 heavy (non-hydrogen) atoms. The monoisotopic (exact) mass is 163 g/mol. The van der Waals surface area contributed by atoms with Crippen LogP contribution in [0.25, 0.3) is 0 Å². The first-order valence-corrected chi connectivity index (χ1v) is 4.18. The number of hydrogen-bond donors (Lipinski definition) is 0. The first kappa shape index (κ1) is 8.91. The maximum absolute atomic E-state index is 10.4. The first-order chi connectivity index (χ1) is 5.77. The summed E-state index contributed by atoms with van der Waals surface area (Å²) in [6.45, 7) is 4.04. The number of rotatable bonds is 3. The molecule has 0 aromatic carbocycles. The minimum Gasteiger partial charge on any atom is -0.296 e. The molecule has 1 aromatic rings. The Bertz CT molecular complexity index is 281. The summed E-state index contributed by atoms with van der Waals surface area (Å²) in [7, 11) is 0. The van der Waals surface area contributed by atoms with Gasteiger partial charge in [-0.05, 0) is 24.5 Å². The molecular weight excluding hydrogens is 150 g/mol. The summed E-state index contributed by atoms with van der Waals surface area (Å²) >= 11 is 0. The highest BCUT2D eigenvalue weighted by Crippen LogP contribution is 2.07. The van der Waals surface area contributed by atoms with E-state index in [2.05, 4.69) is 11.9 Å². The van der Waals surface area contributed by atoms with Crippen molar-refractivity contribution in [2.75, 3.05) is 0 Å². The molecule has 0 saturated heterocycles. The normalized spacial score (nSPS) is 9.83. The molecule has 0 saturated carbocycles. The average Bonchev–Trinajstić information content (AvgIpc) is 2.05. The van der Waals surface area contributed by atoms with Crippen LogP contribution in [0.2, 0.25) is 0 Å². The molecule has 1 aromatic heterocycles. The summed E-state index contributed by atoms with van der Waals surface area (Å²) < 4.78 is 0. The lowest BCUT2D eigenvalue weighted by atomic mass is 10.1. The van der Waals surface area contributed by atoms with Crippen LogP contribution in [0, 0.1) is 6.92 Å². The fourth-order valence-electron chi connectivity index (χ4n) is 1.19. The SMILES string of the molecule is CCCc1cnc(C=O)c(C)c1. The highest BCUT2D eigenvalue weighted by molar-refractivity contribution is 5.73. The van der Waals surface area contributed by atoms with Crippen molar-refractivity contribution in [1.29, 1.82) is 0 Å². The van der Waals surface area contributed by atoms with Crippen molar-refractivity contribution < 1.29 is 4.79 Å². The summed E-state index contributed by atoms with van der Waals surface area (Å²) in [5.74, 6) is 0. The lowest BCUT2D eigenvalue weighted by Gasteiger charge is -2.01. The zero-order chi connectivity index (χ0) is 8.97. The largest absolute Gasteiger partial charge is 0.296 e. The second-order valence-electron chi connectivity index (χ2n) is 2.91. The van der Waals surface area contributed by atoms with Crippen molar-refractivity contribution in [3.8, 4) is 0 Å². The Labute approximate surface area is 72.6 Å². The van der Waals surface area contributed by atoms with Crippen LogP contribution in [0.1, 0.15) is 35.0 Å². The van der Waals surface area contributed by atoms with E-state index in [4.69, 9.17) is 0 Å². The molecule has 0 amide bonds. The summed E-state index contributed by atoms with van der Waals surface area (Å²) in [5, 5.41) is 0. The Morgan fingerprint density at radius 1 is 1.58 bits per heavy atom. The Hall–Kier alpha value is -1.18. The number of carbonyl (C=O) groups is 1. The first-order valence-electron chi connectivity index (χ1n) is 4.18. The van der Waals surface area contributed by atoms with Gasteiger partial charge >= 0.3 is 0 Å². The zero-order valence-corrected chi connectivity index (χ0v) is 7.50. The van der Waals surface area contributed by atoms with Crippen molar-refractivity contribution in [2.45, 2.75) is 26.7 Å². The van der Waals surface area contributed by atoms with Crippen LogP contribution in [0.5, 0.6) is 0 Å². The van der Waals surface area contributed by atoms with Gasteiger partial charge in [-0.15, -0.1) is 0 Å². The Balaban J connectivity index is 2.93. The molecule has 0 N–H and O–H groups in total. The third kappa shape index (κ3) is 1.91. The van der Waals surface area contributed by atoms with Crippen molar-refractivity contribution in [3.63, 3.8) is 0 Å². The molecule has 1 heterocycles. The highest BCUT2D eigenvalue weighted by atomic mass is 16.1. The van der Waals surface area contributed by atoms with E-state index in [0.717, 1.165) is 24.7 Å². The number of nitrogens with zero attached hydrogens (tertiary/aromatic N) is 1. The van der Waals surface area contributed by atoms with Crippen LogP contribution in [-0.4, -0.2) is 11.3 Å². The van der Waals surface area contributed by atoms with Gasteiger partial charge < -0.3 is 0 Å². The summed E-state index contributed by atoms with van der Waals surface area (Å²) in [6.07, 6.45) is 4.72. The smallest absolute Gasteiger partial charge is 0.168 e. The quantitative estimate of drug-likeness (QED) is 0.639. The molecule has 0 atom stereocenters. The zero-order valence-electron chi connectivity index (χ0n) is 7.50. The number of aldehydes is 1. The van der Waals surface area contributed by atoms with Crippen LogP contribution in [-0.2, 0) is 6.42 Å². The van der Waals surface area contributed by atoms with Crippen molar-refractivity contribution in [3.05, 3.63) is 29.1 Å². The second kappa shape index (κ2) is 4.00. The molecule has 0 fully saturated rings. The van der Waals surface area contributed by atoms with Gasteiger partial charge in [-0.3, -0.25) is 9.78 Å². The molecule has 0 aliphatic carbocycles. The maximum Gasteiger partial charge on any atom is 0.168 e. The van der Waals surface area contributed by atoms with Gasteiger partial charge in [0, 0.05) is 6.20 Å². The van der Waals surface area contributed by atoms with E-state index < -0.39 is 0 Å². The van der Waals surface area contributed by atoms with Gasteiger partial charge in [0.15, 0.2) is 6.29 Å². The fourth-order valence-corrected chi connectivity index (χ4v) is 1.19. The predicted octanol–water partition coefficient (Wildman–Crippen LogP) is 2.16. The number of aryl methyl sites for hydroxylation is 2. The molecule has 0 radical (unpaired) electrons. The Morgan fingerprint density at radius 3 is 2.83 bits per heavy atom. The van der Waals surface area contributed by atoms with E-state index >= 15 is 0 Å². The van der Waals surface area contributed by atoms with Crippen LogP contribution < -0.4 is 0 Å². The molecule has 2 heteroatoms. The lowest BCUT2D eigenvalue weighted by Crippen LogP contribution is -1.94. The Kier molecular flexibility index (Phi) is 2.97. The summed E-state index contributed by atoms with van der Waals surface area (Å²) in [6, 6.07) is 2.03. The molecule has 0 aliphatic rings. The molecule has 0 unspecified atom stereocenters. The van der Waals surface area contributed by atoms with Crippen LogP contribution in [0.15, 0.2) is 12.3 Å². The van der Waals surface area contributed by atoms with Gasteiger partial charge in [-0.2, -0.15) is 0 Å². The minimum atomic E-state index is 0.551. The van der Waals surface area contributed by atoms with E-state index in [-0.39, 0.29) is 0 Å². The van der Waals surface area contributed by atoms with E-state index in [1.807, 2.05) is 13.0 Å². The third-order valence-electron chi connectivity index (χ3n) is 1.83. The topological polar surface area (TPSA) is 30.0 Å². The summed E-state index contributed by atoms with van der Waals surface area (Å²) in [5.41, 5.74) is 2.73. The van der Waals surface area contributed by atoms with Crippen molar-refractivity contribution >= 4 is 6.29 Å². The molecule has 1 rings (SSSR count). The van der Waals surface area contributed by atoms with E-state index in [9.17, 15) is 4.79 Å². The van der Waals surface area contributed by atoms with Gasteiger partial charge in [0.1, 0.15) is 5.69 Å². The van der Waals surface area contributed by atoms with E-state index in [0.29, 0.717) is 5.69 Å². The number of aromatic nitrogens is 1. The lowest BCUT2D eigenvalue weighted by molar-refractivity contribution is 0.111. The third-order valence-corrected chi connectivity index (χ3v) is 1.83. The number of carbonyl (C=O) groups excluding carboxylic acids is 1. The molecule has 64 valence electrons. The predicted molar refractivity (Wildman–Crippen MR) is 48.4 cm³/mol. The average molecular weight is 163 g/mol. The highest BCUT2D eigenvalue weighted by Gasteiger charge is 1.98. The van der Waals surface area contributed by atoms with Crippen LogP contribution in [0.3, 0.4) is 0 Å². The molecule has 0 bridgehead atoms. The maximum atomic E-state index is 10.4. The van der Waals surface area contributed by atoms with Gasteiger partial charge in [-0.25, -0.2) is 0 Å². The second-order valence-corrected chi connectivity index (χ2v) is 2.91. The molecule has 2 nitrogen and oxygen atoms in total. The van der Waals surface area contributed by atoms with Crippen LogP contribution in [0.4, 0.5) is 0 Å². The number of hydrogen-bond acceptors (Lipinski definition) is 2. The van der Waals surface area contributed by atoms with Crippen LogP contribution >= 0.6 is 0 Å². The fraction of sp³-hybridized carbons (Fsp3) is 0.400. The molecular formula is C10H13NO. The van der Waals surface area contributed by atoms with Gasteiger partial charge in [0.05, 0.1) is 0 Å². The van der Waals surface area contributed by atoms with Crippen molar-refractivity contribution in [2.24, 2.45) is 0 Å². The van der Waals surface area contributed by atoms with Crippen molar-refractivity contribution in [1.82, 2.24) is 4.98 Å². The van der Waals surface area contributed by atoms with Gasteiger partial charge in [0.2, 0.25) is 0 Å². The number of pyridine rings is 1. The molecule has 0 spiro atoms. The Morgan fingerprint density at radius 2 is 2.33 bits per heavy atom. The standard InChI is InChI=1S/C10H13NO/c1-3-4-9-5-8(2)10(7-12)11-6-9/h5-7H,3-4H2,1-2H3. The van der Waals surface area contributed by atoms with E-state index in [1.54, 1.807) is 6.20 Å². The molecule has 0 aliphatic heterocycles. The van der Waals surface area contributed by atoms with Gasteiger partial charge in [-0.1, -0.05) is 19.4 Å². The summed E-state index contributed by atoms with van der Waals surface area (Å²) in [4.78, 5) is 14.5. The minimum absolute atomic E-state index is 0.551. The van der Waals surface area contributed by atoms with Gasteiger partial charge in [0.25, 0.3) is 0 Å².